The molecule has 0 spiro atoms. The molecule has 6 heteroatoms. The van der Waals surface area contributed by atoms with Gasteiger partial charge in [-0.2, -0.15) is 23.5 Å². The van der Waals surface area contributed by atoms with Crippen LogP contribution >= 0.6 is 23.5 Å². The van der Waals surface area contributed by atoms with E-state index in [4.69, 9.17) is 0 Å². The second-order valence-corrected chi connectivity index (χ2v) is 19.3. The van der Waals surface area contributed by atoms with E-state index in [0.29, 0.717) is 12.1 Å². The number of hydrogen-bond acceptors (Lipinski definition) is 2. The largest absolute Gasteiger partial charge is 0.243 e. The van der Waals surface area contributed by atoms with Gasteiger partial charge in [-0.3, -0.25) is 0 Å². The smallest absolute Gasteiger partial charge is 0.240 e. The van der Waals surface area contributed by atoms with Crippen LogP contribution in [0.15, 0.2) is 37.4 Å². The molecular weight excluding hydrogens is 697 g/mol. The van der Waals surface area contributed by atoms with E-state index in [2.05, 4.69) is 107 Å². The first kappa shape index (κ1) is 49.3. The molecule has 0 saturated heterocycles. The highest BCUT2D eigenvalue weighted by Gasteiger charge is 2.18. The minimum absolute atomic E-state index is 0.640. The first-order chi connectivity index (χ1) is 26.6. The standard InChI is InChI=1S/C48H92N4S2/c1-5-7-9-11-13-15-17-19-21-23-25-27-29-31-35-47(51-39-37-49(3)45-51)43-53-41-33-34-42-54-44-48(52-40-38-50(4)46-52)36-32-30-28-26-24-22-20-18-16-14-12-10-8-6-2/h37-40,45-48H,5-36,41-44H2,1-4H3/q+2. The summed E-state index contributed by atoms with van der Waals surface area (Å²) in [4.78, 5) is 0. The molecule has 2 aromatic rings. The van der Waals surface area contributed by atoms with Gasteiger partial charge < -0.3 is 0 Å². The topological polar surface area (TPSA) is 17.6 Å². The zero-order valence-electron chi connectivity index (χ0n) is 36.7. The van der Waals surface area contributed by atoms with Crippen molar-refractivity contribution in [3.8, 4) is 0 Å². The van der Waals surface area contributed by atoms with Crippen molar-refractivity contribution in [3.05, 3.63) is 37.4 Å². The molecule has 314 valence electrons. The third-order valence-electron chi connectivity index (χ3n) is 11.7. The second kappa shape index (κ2) is 36.5. The molecule has 2 unspecified atom stereocenters. The lowest BCUT2D eigenvalue weighted by Crippen LogP contribution is -2.24. The molecule has 0 aliphatic carbocycles. The second-order valence-electron chi connectivity index (χ2n) is 17.0. The summed E-state index contributed by atoms with van der Waals surface area (Å²) in [5, 5.41) is 0. The Labute approximate surface area is 346 Å². The van der Waals surface area contributed by atoms with Crippen molar-refractivity contribution in [2.75, 3.05) is 23.0 Å². The van der Waals surface area contributed by atoms with Gasteiger partial charge in [-0.1, -0.05) is 181 Å². The van der Waals surface area contributed by atoms with E-state index in [1.54, 1.807) is 0 Å². The van der Waals surface area contributed by atoms with Crippen molar-refractivity contribution in [2.24, 2.45) is 14.1 Å². The van der Waals surface area contributed by atoms with Crippen molar-refractivity contribution in [3.63, 3.8) is 0 Å². The zero-order chi connectivity index (χ0) is 38.6. The van der Waals surface area contributed by atoms with E-state index in [1.165, 1.54) is 228 Å². The average molecular weight is 789 g/mol. The van der Waals surface area contributed by atoms with Gasteiger partial charge in [0, 0.05) is 11.5 Å². The van der Waals surface area contributed by atoms with E-state index in [0.717, 1.165) is 0 Å². The predicted octanol–water partition coefficient (Wildman–Crippen LogP) is 14.7. The molecule has 2 rings (SSSR count). The predicted molar refractivity (Wildman–Crippen MR) is 243 cm³/mol. The number of hydrogen-bond donors (Lipinski definition) is 0. The Morgan fingerprint density at radius 2 is 0.667 bits per heavy atom. The summed E-state index contributed by atoms with van der Waals surface area (Å²) in [5.41, 5.74) is 0. The van der Waals surface area contributed by atoms with Crippen LogP contribution in [0.2, 0.25) is 0 Å². The maximum absolute atomic E-state index is 2.49. The van der Waals surface area contributed by atoms with E-state index < -0.39 is 0 Å². The molecule has 2 atom stereocenters. The van der Waals surface area contributed by atoms with Crippen LogP contribution in [-0.4, -0.2) is 32.1 Å². The molecule has 0 bridgehead atoms. The molecule has 54 heavy (non-hydrogen) atoms. The maximum Gasteiger partial charge on any atom is 0.243 e. The van der Waals surface area contributed by atoms with E-state index in [9.17, 15) is 0 Å². The molecule has 0 aliphatic rings. The van der Waals surface area contributed by atoms with E-state index >= 15 is 0 Å². The molecule has 0 aromatic carbocycles. The monoisotopic (exact) mass is 789 g/mol. The first-order valence-corrected chi connectivity index (χ1v) is 26.2. The van der Waals surface area contributed by atoms with Gasteiger partial charge in [0.1, 0.15) is 36.9 Å². The fourth-order valence-corrected chi connectivity index (χ4v) is 10.4. The van der Waals surface area contributed by atoms with Crippen molar-refractivity contribution in [1.82, 2.24) is 9.13 Å². The summed E-state index contributed by atoms with van der Waals surface area (Å²) in [5.74, 6) is 5.12. The fourth-order valence-electron chi connectivity index (χ4n) is 8.00. The molecule has 0 saturated carbocycles. The third kappa shape index (κ3) is 27.7. The molecule has 2 heterocycles. The summed E-state index contributed by atoms with van der Waals surface area (Å²) in [6.07, 6.45) is 59.2. The van der Waals surface area contributed by atoms with Gasteiger partial charge in [0.15, 0.2) is 0 Å². The summed E-state index contributed by atoms with van der Waals surface area (Å²) in [6.45, 7) is 4.62. The minimum atomic E-state index is 0.640. The highest BCUT2D eigenvalue weighted by Crippen LogP contribution is 2.25. The van der Waals surface area contributed by atoms with Crippen molar-refractivity contribution < 1.29 is 9.13 Å². The van der Waals surface area contributed by atoms with Crippen LogP contribution in [0.1, 0.15) is 231 Å². The zero-order valence-corrected chi connectivity index (χ0v) is 38.3. The molecule has 0 fully saturated rings. The highest BCUT2D eigenvalue weighted by molar-refractivity contribution is 7.99. The Bertz CT molecular complexity index is 969. The minimum Gasteiger partial charge on any atom is -0.240 e. The Morgan fingerprint density at radius 1 is 0.389 bits per heavy atom. The van der Waals surface area contributed by atoms with Gasteiger partial charge in [-0.15, -0.1) is 0 Å². The fraction of sp³-hybridized carbons (Fsp3) is 0.875. The number of aromatic nitrogens is 4. The first-order valence-electron chi connectivity index (χ1n) is 23.8. The molecule has 2 aromatic heterocycles. The number of rotatable bonds is 41. The molecule has 0 radical (unpaired) electrons. The lowest BCUT2D eigenvalue weighted by Gasteiger charge is -2.14. The third-order valence-corrected chi connectivity index (χ3v) is 14.0. The van der Waals surface area contributed by atoms with Gasteiger partial charge in [-0.25, -0.2) is 18.3 Å². The molecule has 0 aliphatic heterocycles. The lowest BCUT2D eigenvalue weighted by atomic mass is 10.0. The quantitative estimate of drug-likeness (QED) is 0.0493. The van der Waals surface area contributed by atoms with Crippen LogP contribution in [0.5, 0.6) is 0 Å². The normalized spacial score (nSPS) is 12.9. The molecule has 0 N–H and O–H groups in total. The number of thioether (sulfide) groups is 2. The van der Waals surface area contributed by atoms with Gasteiger partial charge in [-0.05, 0) is 50.0 Å². The van der Waals surface area contributed by atoms with Gasteiger partial charge in [0.05, 0.1) is 14.1 Å². The van der Waals surface area contributed by atoms with Gasteiger partial charge >= 0.3 is 0 Å². The Morgan fingerprint density at radius 3 is 0.926 bits per heavy atom. The van der Waals surface area contributed by atoms with Crippen molar-refractivity contribution in [2.45, 2.75) is 231 Å². The summed E-state index contributed by atoms with van der Waals surface area (Å²) >= 11 is 4.39. The Balaban J connectivity index is 1.51. The average Bonchev–Trinajstić information content (AvgIpc) is 3.82. The Hall–Kier alpha value is -0.880. The van der Waals surface area contributed by atoms with E-state index in [-0.39, 0.29) is 0 Å². The van der Waals surface area contributed by atoms with Crippen LogP contribution in [0.3, 0.4) is 0 Å². The summed E-state index contributed by atoms with van der Waals surface area (Å²) in [6, 6.07) is 1.28. The van der Waals surface area contributed by atoms with Crippen LogP contribution in [-0.2, 0) is 14.1 Å². The summed E-state index contributed by atoms with van der Waals surface area (Å²) < 4.78 is 9.40. The molecule has 0 amide bonds. The summed E-state index contributed by atoms with van der Waals surface area (Å²) in [7, 11) is 4.32. The van der Waals surface area contributed by atoms with Crippen molar-refractivity contribution in [1.29, 1.82) is 0 Å². The number of imidazole rings is 2. The van der Waals surface area contributed by atoms with Crippen LogP contribution in [0.4, 0.5) is 0 Å². The SMILES string of the molecule is CCCCCCCCCCCCCCCCC(CSCCCCSCC(CCCCCCCCCCCCCCCC)n1cc[n+](C)c1)n1cc[n+](C)c1. The number of aryl methyl sites for hydroxylation is 2. The van der Waals surface area contributed by atoms with Crippen LogP contribution < -0.4 is 9.13 Å². The van der Waals surface area contributed by atoms with Gasteiger partial charge in [0.2, 0.25) is 12.7 Å². The highest BCUT2D eigenvalue weighted by atomic mass is 32.2. The Kier molecular flexibility index (Phi) is 33.3. The number of unbranched alkanes of at least 4 members (excludes halogenated alkanes) is 27. The van der Waals surface area contributed by atoms with Crippen molar-refractivity contribution >= 4 is 23.5 Å². The lowest BCUT2D eigenvalue weighted by molar-refractivity contribution is -0.671. The maximum atomic E-state index is 2.49. The van der Waals surface area contributed by atoms with Crippen LogP contribution in [0, 0.1) is 0 Å². The van der Waals surface area contributed by atoms with E-state index in [1.807, 2.05) is 0 Å². The van der Waals surface area contributed by atoms with Crippen LogP contribution in [0.25, 0.3) is 0 Å². The van der Waals surface area contributed by atoms with Gasteiger partial charge in [0.25, 0.3) is 0 Å². The molecule has 4 nitrogen and oxygen atoms in total. The number of nitrogens with zero attached hydrogens (tertiary/aromatic N) is 4. The molecular formula is C48H92N4S2+2.